The van der Waals surface area contributed by atoms with E-state index in [-0.39, 0.29) is 24.0 Å². The lowest BCUT2D eigenvalue weighted by atomic mass is 10.1. The number of aromatic nitrogens is 1. The number of hydrogen-bond donors (Lipinski definition) is 2. The van der Waals surface area contributed by atoms with Crippen LogP contribution in [0.1, 0.15) is 12.0 Å². The van der Waals surface area contributed by atoms with Gasteiger partial charge in [0.05, 0.1) is 14.2 Å². The van der Waals surface area contributed by atoms with Gasteiger partial charge in [-0.15, -0.1) is 24.0 Å². The molecule has 156 valence electrons. The minimum Gasteiger partial charge on any atom is -0.493 e. The molecule has 0 aliphatic rings. The molecule has 1 heterocycles. The number of fused-ring (bicyclic) bond motifs is 1. The Morgan fingerprint density at radius 2 is 1.86 bits per heavy atom. The Morgan fingerprint density at radius 1 is 1.07 bits per heavy atom. The van der Waals surface area contributed by atoms with Crippen molar-refractivity contribution in [2.24, 2.45) is 10.7 Å². The van der Waals surface area contributed by atoms with E-state index in [0.717, 1.165) is 36.4 Å². The second-order valence-corrected chi connectivity index (χ2v) is 6.55. The first-order valence-electron chi connectivity index (χ1n) is 9.50. The average Bonchev–Trinajstić information content (AvgIpc) is 3.14. The Morgan fingerprint density at radius 3 is 2.66 bits per heavy atom. The van der Waals surface area contributed by atoms with Gasteiger partial charge < -0.3 is 25.1 Å². The number of hydrogen-bond acceptors (Lipinski definition) is 3. The predicted octanol–water partition coefficient (Wildman–Crippen LogP) is 3.81. The van der Waals surface area contributed by atoms with Gasteiger partial charge >= 0.3 is 0 Å². The maximum Gasteiger partial charge on any atom is 0.188 e. The van der Waals surface area contributed by atoms with E-state index in [1.807, 2.05) is 18.2 Å². The number of nitrogens with zero attached hydrogens (tertiary/aromatic N) is 2. The second kappa shape index (κ2) is 11.5. The minimum atomic E-state index is 0. The van der Waals surface area contributed by atoms with Crippen LogP contribution in [-0.2, 0) is 13.0 Å². The molecule has 0 amide bonds. The van der Waals surface area contributed by atoms with Crippen molar-refractivity contribution >= 4 is 40.8 Å². The molecule has 0 fully saturated rings. The largest absolute Gasteiger partial charge is 0.493 e. The van der Waals surface area contributed by atoms with E-state index in [1.165, 1.54) is 10.9 Å². The smallest absolute Gasteiger partial charge is 0.188 e. The van der Waals surface area contributed by atoms with E-state index in [0.29, 0.717) is 19.0 Å². The number of nitrogens with one attached hydrogen (secondary N) is 1. The van der Waals surface area contributed by atoms with Crippen molar-refractivity contribution in [1.82, 2.24) is 9.88 Å². The molecule has 0 aliphatic carbocycles. The summed E-state index contributed by atoms with van der Waals surface area (Å²) in [6.45, 7) is 2.34. The zero-order valence-corrected chi connectivity index (χ0v) is 19.3. The molecule has 6 nitrogen and oxygen atoms in total. The van der Waals surface area contributed by atoms with Crippen molar-refractivity contribution < 1.29 is 9.47 Å². The van der Waals surface area contributed by atoms with Crippen LogP contribution in [0.4, 0.5) is 0 Å². The van der Waals surface area contributed by atoms with E-state index in [1.54, 1.807) is 14.2 Å². The van der Waals surface area contributed by atoms with Crippen LogP contribution < -0.4 is 20.5 Å². The number of aliphatic imine (C=N–C) groups is 1. The van der Waals surface area contributed by atoms with Crippen LogP contribution in [0.15, 0.2) is 59.7 Å². The van der Waals surface area contributed by atoms with Crippen LogP contribution in [0, 0.1) is 0 Å². The van der Waals surface area contributed by atoms with E-state index in [4.69, 9.17) is 15.2 Å². The molecule has 3 aromatic rings. The molecule has 3 N–H and O–H groups in total. The van der Waals surface area contributed by atoms with Crippen LogP contribution in [0.3, 0.4) is 0 Å². The van der Waals surface area contributed by atoms with Gasteiger partial charge in [-0.2, -0.15) is 0 Å². The number of halogens is 1. The van der Waals surface area contributed by atoms with Crippen LogP contribution in [0.2, 0.25) is 0 Å². The third-order valence-corrected chi connectivity index (χ3v) is 4.69. The Bertz CT molecular complexity index is 939. The zero-order chi connectivity index (χ0) is 19.8. The van der Waals surface area contributed by atoms with Gasteiger partial charge in [-0.25, -0.2) is 0 Å². The fourth-order valence-electron chi connectivity index (χ4n) is 3.20. The second-order valence-electron chi connectivity index (χ2n) is 6.55. The number of guanidine groups is 1. The number of methoxy groups -OCH3 is 2. The first-order chi connectivity index (χ1) is 13.7. The Labute approximate surface area is 189 Å². The molecule has 0 aliphatic heterocycles. The molecule has 0 saturated carbocycles. The average molecular weight is 508 g/mol. The third kappa shape index (κ3) is 6.28. The summed E-state index contributed by atoms with van der Waals surface area (Å²) in [6, 6.07) is 16.5. The summed E-state index contributed by atoms with van der Waals surface area (Å²) in [5.41, 5.74) is 8.38. The molecule has 0 saturated heterocycles. The fraction of sp³-hybridized carbons (Fsp3) is 0.318. The highest BCUT2D eigenvalue weighted by atomic mass is 127. The van der Waals surface area contributed by atoms with Crippen LogP contribution in [0.25, 0.3) is 10.9 Å². The molecule has 3 rings (SSSR count). The van der Waals surface area contributed by atoms with Gasteiger partial charge in [-0.3, -0.25) is 4.99 Å². The summed E-state index contributed by atoms with van der Waals surface area (Å²) in [6.07, 6.45) is 3.89. The normalized spacial score (nSPS) is 11.2. The van der Waals surface area contributed by atoms with Gasteiger partial charge in [0.2, 0.25) is 0 Å². The quantitative estimate of drug-likeness (QED) is 0.200. The van der Waals surface area contributed by atoms with E-state index in [2.05, 4.69) is 51.4 Å². The number of ether oxygens (including phenoxy) is 2. The van der Waals surface area contributed by atoms with Crippen molar-refractivity contribution in [1.29, 1.82) is 0 Å². The van der Waals surface area contributed by atoms with E-state index in [9.17, 15) is 0 Å². The molecule has 2 aromatic carbocycles. The molecule has 29 heavy (non-hydrogen) atoms. The van der Waals surface area contributed by atoms with Crippen LogP contribution in [-0.4, -0.2) is 37.8 Å². The molecular formula is C22H29IN4O2. The lowest BCUT2D eigenvalue weighted by Gasteiger charge is -2.10. The van der Waals surface area contributed by atoms with Gasteiger partial charge in [-0.1, -0.05) is 24.3 Å². The standard InChI is InChI=1S/C22H28N4O2.HI/c1-27-20-9-8-17(16-21(20)28-2)10-13-25-22(23)24-12-5-14-26-15-11-18-6-3-4-7-19(18)26;/h3-4,6-9,11,15-16H,5,10,12-14H2,1-2H3,(H3,23,24,25);1H. The first kappa shape index (κ1) is 22.9. The van der Waals surface area contributed by atoms with Crippen LogP contribution >= 0.6 is 24.0 Å². The molecule has 7 heteroatoms. The Hall–Kier alpha value is -2.42. The van der Waals surface area contributed by atoms with Gasteiger partial charge in [-0.05, 0) is 48.1 Å². The summed E-state index contributed by atoms with van der Waals surface area (Å²) in [5, 5.41) is 4.44. The van der Waals surface area contributed by atoms with Crippen LogP contribution in [0.5, 0.6) is 11.5 Å². The topological polar surface area (TPSA) is 73.8 Å². The van der Waals surface area contributed by atoms with Gasteiger partial charge in [0.25, 0.3) is 0 Å². The number of benzene rings is 2. The summed E-state index contributed by atoms with van der Waals surface area (Å²) < 4.78 is 12.8. The number of aryl methyl sites for hydroxylation is 1. The fourth-order valence-corrected chi connectivity index (χ4v) is 3.20. The highest BCUT2D eigenvalue weighted by Gasteiger charge is 2.04. The first-order valence-corrected chi connectivity index (χ1v) is 9.50. The maximum atomic E-state index is 5.98. The highest BCUT2D eigenvalue weighted by molar-refractivity contribution is 14.0. The summed E-state index contributed by atoms with van der Waals surface area (Å²) in [4.78, 5) is 4.42. The van der Waals surface area contributed by atoms with E-state index >= 15 is 0 Å². The Balaban J connectivity index is 0.00000300. The molecule has 0 bridgehead atoms. The van der Waals surface area contributed by atoms with Gasteiger partial charge in [0, 0.05) is 31.3 Å². The lowest BCUT2D eigenvalue weighted by molar-refractivity contribution is 0.354. The third-order valence-electron chi connectivity index (χ3n) is 4.69. The minimum absolute atomic E-state index is 0. The maximum absolute atomic E-state index is 5.98. The van der Waals surface area contributed by atoms with Crippen molar-refractivity contribution in [3.05, 3.63) is 60.3 Å². The summed E-state index contributed by atoms with van der Waals surface area (Å²) >= 11 is 0. The molecule has 0 radical (unpaired) electrons. The van der Waals surface area contributed by atoms with Crippen molar-refractivity contribution in [3.8, 4) is 11.5 Å². The van der Waals surface area contributed by atoms with Crippen molar-refractivity contribution in [3.63, 3.8) is 0 Å². The molecule has 0 atom stereocenters. The number of nitrogens with two attached hydrogens (primary N) is 1. The van der Waals surface area contributed by atoms with Gasteiger partial charge in [0.15, 0.2) is 17.5 Å². The van der Waals surface area contributed by atoms with Crippen molar-refractivity contribution in [2.75, 3.05) is 27.3 Å². The number of para-hydroxylation sites is 1. The molecular weight excluding hydrogens is 479 g/mol. The zero-order valence-electron chi connectivity index (χ0n) is 16.9. The molecule has 0 unspecified atom stereocenters. The van der Waals surface area contributed by atoms with Crippen molar-refractivity contribution in [2.45, 2.75) is 19.4 Å². The van der Waals surface area contributed by atoms with Gasteiger partial charge in [0.1, 0.15) is 0 Å². The Kier molecular flexibility index (Phi) is 9.11. The lowest BCUT2D eigenvalue weighted by Crippen LogP contribution is -2.33. The monoisotopic (exact) mass is 508 g/mol. The SMILES string of the molecule is COc1ccc(CCNC(N)=NCCCn2ccc3ccccc32)cc1OC.I. The van der Waals surface area contributed by atoms with E-state index < -0.39 is 0 Å². The predicted molar refractivity (Wildman–Crippen MR) is 130 cm³/mol. The summed E-state index contributed by atoms with van der Waals surface area (Å²) in [7, 11) is 3.27. The molecule has 0 spiro atoms. The highest BCUT2D eigenvalue weighted by Crippen LogP contribution is 2.27. The summed E-state index contributed by atoms with van der Waals surface area (Å²) in [5.74, 6) is 1.95. The number of rotatable bonds is 9. The molecule has 1 aromatic heterocycles.